The summed E-state index contributed by atoms with van der Waals surface area (Å²) in [6.45, 7) is 2.25. The maximum atomic E-state index is 4.98. The van der Waals surface area contributed by atoms with Gasteiger partial charge in [-0.2, -0.15) is 4.98 Å². The molecule has 2 heterocycles. The molecule has 0 aliphatic rings. The highest BCUT2D eigenvalue weighted by Gasteiger charge is 2.05. The zero-order valence-electron chi connectivity index (χ0n) is 8.22. The zero-order valence-corrected chi connectivity index (χ0v) is 9.81. The number of rotatable bonds is 4. The van der Waals surface area contributed by atoms with Crippen molar-refractivity contribution in [1.29, 1.82) is 0 Å². The first-order valence-electron chi connectivity index (χ1n) is 4.52. The van der Waals surface area contributed by atoms with Gasteiger partial charge < -0.3 is 4.52 Å². The van der Waals surface area contributed by atoms with Gasteiger partial charge in [0.1, 0.15) is 6.54 Å². The fraction of sp³-hybridized carbons (Fsp3) is 0.500. The number of hydrogen-bond acceptors (Lipinski definition) is 5. The van der Waals surface area contributed by atoms with Crippen molar-refractivity contribution in [3.63, 3.8) is 0 Å². The van der Waals surface area contributed by atoms with Crippen molar-refractivity contribution >= 4 is 15.9 Å². The average molecular weight is 272 g/mol. The summed E-state index contributed by atoms with van der Waals surface area (Å²) in [4.78, 5) is 4.09. The van der Waals surface area contributed by atoms with Crippen molar-refractivity contribution in [1.82, 2.24) is 25.1 Å². The van der Waals surface area contributed by atoms with Gasteiger partial charge in [-0.1, -0.05) is 26.3 Å². The summed E-state index contributed by atoms with van der Waals surface area (Å²) < 4.78 is 6.66. The summed E-state index contributed by atoms with van der Waals surface area (Å²) in [6.07, 6.45) is 2.74. The lowest BCUT2D eigenvalue weighted by Crippen LogP contribution is -2.00. The van der Waals surface area contributed by atoms with Gasteiger partial charge in [-0.15, -0.1) is 5.10 Å². The maximum absolute atomic E-state index is 4.98. The second kappa shape index (κ2) is 4.52. The third-order valence-corrected chi connectivity index (χ3v) is 2.20. The van der Waals surface area contributed by atoms with Crippen molar-refractivity contribution in [2.75, 3.05) is 5.33 Å². The van der Waals surface area contributed by atoms with E-state index >= 15 is 0 Å². The molecule has 0 saturated carbocycles. The molecule has 0 spiro atoms. The summed E-state index contributed by atoms with van der Waals surface area (Å²) in [7, 11) is 0. The van der Waals surface area contributed by atoms with Crippen LogP contribution in [0.4, 0.5) is 0 Å². The molecule has 2 rings (SSSR count). The Morgan fingerprint density at radius 2 is 2.40 bits per heavy atom. The van der Waals surface area contributed by atoms with E-state index < -0.39 is 0 Å². The van der Waals surface area contributed by atoms with Crippen LogP contribution < -0.4 is 0 Å². The molecule has 0 aliphatic heterocycles. The predicted octanol–water partition coefficient (Wildman–Crippen LogP) is 0.955. The summed E-state index contributed by atoms with van der Waals surface area (Å²) in [5, 5.41) is 12.5. The van der Waals surface area contributed by atoms with Crippen LogP contribution in [0.5, 0.6) is 0 Å². The molecule has 0 bridgehead atoms. The smallest absolute Gasteiger partial charge is 0.248 e. The van der Waals surface area contributed by atoms with Crippen molar-refractivity contribution < 1.29 is 4.52 Å². The largest absolute Gasteiger partial charge is 0.337 e. The van der Waals surface area contributed by atoms with E-state index in [1.54, 1.807) is 11.6 Å². The van der Waals surface area contributed by atoms with Crippen molar-refractivity contribution in [3.05, 3.63) is 23.6 Å². The highest BCUT2D eigenvalue weighted by molar-refractivity contribution is 9.09. The Hall–Kier alpha value is -1.24. The Bertz CT molecular complexity index is 438. The highest BCUT2D eigenvalue weighted by atomic mass is 79.9. The first kappa shape index (κ1) is 10.3. The number of hydrogen-bond donors (Lipinski definition) is 0. The number of halogens is 1. The zero-order chi connectivity index (χ0) is 10.7. The molecular weight excluding hydrogens is 262 g/mol. The lowest BCUT2D eigenvalue weighted by atomic mass is 10.4. The van der Waals surface area contributed by atoms with E-state index in [1.165, 1.54) is 0 Å². The van der Waals surface area contributed by atoms with Crippen LogP contribution in [-0.2, 0) is 13.0 Å². The fourth-order valence-electron chi connectivity index (χ4n) is 1.17. The van der Waals surface area contributed by atoms with Crippen LogP contribution in [0.25, 0.3) is 0 Å². The summed E-state index contributed by atoms with van der Waals surface area (Å²) in [5.74, 6) is 1.17. The SMILES string of the molecule is Cc1noc(Cn2cc(CCBr)nn2)n1. The molecule has 0 saturated heterocycles. The van der Waals surface area contributed by atoms with Gasteiger partial charge in [0, 0.05) is 17.9 Å². The predicted molar refractivity (Wildman–Crippen MR) is 55.7 cm³/mol. The molecule has 0 amide bonds. The van der Waals surface area contributed by atoms with Crippen molar-refractivity contribution in [2.45, 2.75) is 19.9 Å². The van der Waals surface area contributed by atoms with E-state index in [0.29, 0.717) is 18.3 Å². The van der Waals surface area contributed by atoms with Gasteiger partial charge in [0.25, 0.3) is 0 Å². The normalized spacial score (nSPS) is 10.8. The molecule has 0 radical (unpaired) electrons. The second-order valence-corrected chi connectivity index (χ2v) is 3.87. The molecule has 0 unspecified atom stereocenters. The standard InChI is InChI=1S/C8H10BrN5O/c1-6-10-8(15-12-6)5-14-4-7(2-3-9)11-13-14/h4H,2-3,5H2,1H3. The summed E-state index contributed by atoms with van der Waals surface area (Å²) in [5.41, 5.74) is 0.947. The molecule has 15 heavy (non-hydrogen) atoms. The summed E-state index contributed by atoms with van der Waals surface area (Å²) >= 11 is 3.35. The highest BCUT2D eigenvalue weighted by Crippen LogP contribution is 2.01. The van der Waals surface area contributed by atoms with Crippen molar-refractivity contribution in [2.24, 2.45) is 0 Å². The van der Waals surface area contributed by atoms with Crippen LogP contribution >= 0.6 is 15.9 Å². The molecule has 0 atom stereocenters. The van der Waals surface area contributed by atoms with E-state index in [0.717, 1.165) is 17.4 Å². The molecule has 0 aromatic carbocycles. The fourth-order valence-corrected chi connectivity index (χ4v) is 1.58. The Balaban J connectivity index is 2.04. The molecule has 80 valence electrons. The van der Waals surface area contributed by atoms with E-state index in [-0.39, 0.29) is 0 Å². The van der Waals surface area contributed by atoms with Crippen LogP contribution in [0.2, 0.25) is 0 Å². The minimum absolute atomic E-state index is 0.468. The van der Waals surface area contributed by atoms with Gasteiger partial charge >= 0.3 is 0 Å². The van der Waals surface area contributed by atoms with Gasteiger partial charge in [-0.3, -0.25) is 0 Å². The maximum Gasteiger partial charge on any atom is 0.248 e. The lowest BCUT2D eigenvalue weighted by molar-refractivity contribution is 0.361. The van der Waals surface area contributed by atoms with Crippen LogP contribution in [-0.4, -0.2) is 30.5 Å². The molecule has 0 fully saturated rings. The van der Waals surface area contributed by atoms with Crippen LogP contribution in [0, 0.1) is 6.92 Å². The van der Waals surface area contributed by atoms with E-state index in [1.807, 2.05) is 6.20 Å². The average Bonchev–Trinajstić information content (AvgIpc) is 2.78. The number of alkyl halides is 1. The number of aryl methyl sites for hydroxylation is 2. The van der Waals surface area contributed by atoms with Gasteiger partial charge in [0.05, 0.1) is 5.69 Å². The van der Waals surface area contributed by atoms with Gasteiger partial charge in [-0.05, 0) is 6.92 Å². The minimum atomic E-state index is 0.468. The molecule has 6 nitrogen and oxygen atoms in total. The Labute approximate surface area is 94.8 Å². The van der Waals surface area contributed by atoms with E-state index in [2.05, 4.69) is 36.4 Å². The molecular formula is C8H10BrN5O. The van der Waals surface area contributed by atoms with Crippen LogP contribution in [0.3, 0.4) is 0 Å². The molecule has 0 N–H and O–H groups in total. The number of nitrogens with zero attached hydrogens (tertiary/aromatic N) is 5. The minimum Gasteiger partial charge on any atom is -0.337 e. The monoisotopic (exact) mass is 271 g/mol. The Morgan fingerprint density at radius 3 is 3.07 bits per heavy atom. The van der Waals surface area contributed by atoms with Gasteiger partial charge in [0.2, 0.25) is 5.89 Å². The molecule has 2 aromatic rings. The summed E-state index contributed by atoms with van der Waals surface area (Å²) in [6, 6.07) is 0. The van der Waals surface area contributed by atoms with E-state index in [4.69, 9.17) is 4.52 Å². The van der Waals surface area contributed by atoms with Gasteiger partial charge in [0.15, 0.2) is 5.82 Å². The van der Waals surface area contributed by atoms with Crippen LogP contribution in [0.15, 0.2) is 10.7 Å². The second-order valence-electron chi connectivity index (χ2n) is 3.08. The lowest BCUT2D eigenvalue weighted by Gasteiger charge is -1.91. The Kier molecular flexibility index (Phi) is 3.10. The van der Waals surface area contributed by atoms with E-state index in [9.17, 15) is 0 Å². The Morgan fingerprint density at radius 1 is 1.53 bits per heavy atom. The third kappa shape index (κ3) is 2.62. The first-order valence-corrected chi connectivity index (χ1v) is 5.64. The molecule has 2 aromatic heterocycles. The molecule has 0 aliphatic carbocycles. The van der Waals surface area contributed by atoms with Crippen LogP contribution in [0.1, 0.15) is 17.4 Å². The first-order chi connectivity index (χ1) is 7.28. The van der Waals surface area contributed by atoms with Crippen molar-refractivity contribution in [3.8, 4) is 0 Å². The quantitative estimate of drug-likeness (QED) is 0.775. The topological polar surface area (TPSA) is 69.6 Å². The third-order valence-electron chi connectivity index (χ3n) is 1.80. The number of aromatic nitrogens is 5. The van der Waals surface area contributed by atoms with Gasteiger partial charge in [-0.25, -0.2) is 4.68 Å². The molecule has 7 heteroatoms.